The maximum Gasteiger partial charge on any atom is 0.133 e. The molecule has 12 heavy (non-hydrogen) atoms. The number of thioether (sulfide) groups is 1. The van der Waals surface area contributed by atoms with Crippen molar-refractivity contribution < 1.29 is 0 Å². The Bertz CT molecular complexity index is 284. The zero-order valence-electron chi connectivity index (χ0n) is 6.55. The minimum Gasteiger partial charge on any atom is -0.322 e. The van der Waals surface area contributed by atoms with E-state index in [0.717, 1.165) is 5.69 Å². The first kappa shape index (κ1) is 7.71. The van der Waals surface area contributed by atoms with E-state index in [2.05, 4.69) is 12.1 Å². The van der Waals surface area contributed by atoms with Gasteiger partial charge >= 0.3 is 0 Å². The van der Waals surface area contributed by atoms with Crippen molar-refractivity contribution in [1.82, 2.24) is 0 Å². The molecule has 0 bridgehead atoms. The number of para-hydroxylation sites is 1. The first-order valence-electron chi connectivity index (χ1n) is 3.79. The maximum absolute atomic E-state index is 5.84. The molecule has 0 fully saturated rings. The molecule has 1 aromatic carbocycles. The van der Waals surface area contributed by atoms with Crippen LogP contribution in [0.1, 0.15) is 0 Å². The van der Waals surface area contributed by atoms with E-state index in [-0.39, 0.29) is 5.50 Å². The zero-order valence-corrected chi connectivity index (χ0v) is 7.37. The first-order valence-corrected chi connectivity index (χ1v) is 4.73. The highest BCUT2D eigenvalue weighted by atomic mass is 32.2. The van der Waals surface area contributed by atoms with Crippen LogP contribution in [0.3, 0.4) is 0 Å². The number of hydrogen-bond donors (Lipinski definition) is 1. The number of anilines is 1. The maximum atomic E-state index is 5.84. The molecule has 0 spiro atoms. The van der Waals surface area contributed by atoms with Crippen LogP contribution in [0, 0.1) is 0 Å². The Morgan fingerprint density at radius 3 is 2.58 bits per heavy atom. The summed E-state index contributed by atoms with van der Waals surface area (Å²) in [5, 5.41) is 2.01. The van der Waals surface area contributed by atoms with Crippen LogP contribution < -0.4 is 10.6 Å². The largest absolute Gasteiger partial charge is 0.322 e. The smallest absolute Gasteiger partial charge is 0.133 e. The number of hydrogen-bond acceptors (Lipinski definition) is 3. The molecule has 0 saturated heterocycles. The van der Waals surface area contributed by atoms with Crippen LogP contribution in [-0.2, 0) is 0 Å². The zero-order chi connectivity index (χ0) is 8.39. The lowest BCUT2D eigenvalue weighted by Gasteiger charge is -2.20. The molecule has 1 unspecified atom stereocenters. The van der Waals surface area contributed by atoms with Gasteiger partial charge in [-0.15, -0.1) is 0 Å². The van der Waals surface area contributed by atoms with Gasteiger partial charge in [0.15, 0.2) is 0 Å². The molecule has 1 aromatic rings. The van der Waals surface area contributed by atoms with Gasteiger partial charge in [0.25, 0.3) is 0 Å². The fraction of sp³-hybridized carbons (Fsp3) is 0.111. The van der Waals surface area contributed by atoms with Crippen LogP contribution in [0.15, 0.2) is 41.9 Å². The average Bonchev–Trinajstić information content (AvgIpc) is 2.53. The van der Waals surface area contributed by atoms with Crippen LogP contribution in [0.5, 0.6) is 0 Å². The molecule has 3 heteroatoms. The summed E-state index contributed by atoms with van der Waals surface area (Å²) in [5.74, 6) is 0. The molecule has 2 nitrogen and oxygen atoms in total. The third-order valence-corrected chi connectivity index (χ3v) is 2.55. The Labute approximate surface area is 76.1 Å². The van der Waals surface area contributed by atoms with Crippen LogP contribution in [-0.4, -0.2) is 5.50 Å². The molecular weight excluding hydrogens is 168 g/mol. The van der Waals surface area contributed by atoms with Gasteiger partial charge in [-0.2, -0.15) is 0 Å². The molecule has 1 aliphatic heterocycles. The van der Waals surface area contributed by atoms with Crippen molar-refractivity contribution in [3.63, 3.8) is 0 Å². The van der Waals surface area contributed by atoms with Crippen LogP contribution >= 0.6 is 11.8 Å². The topological polar surface area (TPSA) is 29.3 Å². The van der Waals surface area contributed by atoms with Gasteiger partial charge in [0.1, 0.15) is 5.50 Å². The van der Waals surface area contributed by atoms with Crippen molar-refractivity contribution >= 4 is 17.4 Å². The second kappa shape index (κ2) is 3.21. The van der Waals surface area contributed by atoms with Crippen molar-refractivity contribution in [3.05, 3.63) is 41.9 Å². The van der Waals surface area contributed by atoms with Crippen molar-refractivity contribution in [2.75, 3.05) is 4.90 Å². The molecule has 62 valence electrons. The molecule has 0 saturated carbocycles. The third kappa shape index (κ3) is 1.33. The summed E-state index contributed by atoms with van der Waals surface area (Å²) in [6.07, 6.45) is 2.00. The van der Waals surface area contributed by atoms with Gasteiger partial charge < -0.3 is 10.6 Å². The van der Waals surface area contributed by atoms with E-state index in [9.17, 15) is 0 Å². The molecule has 1 aliphatic rings. The van der Waals surface area contributed by atoms with Gasteiger partial charge in [-0.1, -0.05) is 30.0 Å². The highest BCUT2D eigenvalue weighted by molar-refractivity contribution is 8.03. The average molecular weight is 178 g/mol. The summed E-state index contributed by atoms with van der Waals surface area (Å²) in [6, 6.07) is 10.1. The van der Waals surface area contributed by atoms with Crippen LogP contribution in [0.2, 0.25) is 0 Å². The Hall–Kier alpha value is -0.930. The summed E-state index contributed by atoms with van der Waals surface area (Å²) >= 11 is 1.62. The minimum absolute atomic E-state index is 0.0346. The number of nitrogens with zero attached hydrogens (tertiary/aromatic N) is 1. The van der Waals surface area contributed by atoms with Gasteiger partial charge in [-0.25, -0.2) is 0 Å². The number of nitrogens with two attached hydrogens (primary N) is 1. The molecular formula is C9H10N2S. The highest BCUT2D eigenvalue weighted by Crippen LogP contribution is 2.26. The molecule has 1 atom stereocenters. The lowest BCUT2D eigenvalue weighted by molar-refractivity contribution is 0.926. The molecule has 0 amide bonds. The van der Waals surface area contributed by atoms with E-state index >= 15 is 0 Å². The molecule has 0 aliphatic carbocycles. The quantitative estimate of drug-likeness (QED) is 0.712. The van der Waals surface area contributed by atoms with E-state index in [0.29, 0.717) is 0 Å². The standard InChI is InChI=1S/C9H10N2S/c10-9-11(6-7-12-9)8-4-2-1-3-5-8/h1-7,9H,10H2. The Morgan fingerprint density at radius 2 is 2.00 bits per heavy atom. The summed E-state index contributed by atoms with van der Waals surface area (Å²) in [5.41, 5.74) is 7.02. The second-order valence-electron chi connectivity index (χ2n) is 2.55. The Morgan fingerprint density at radius 1 is 1.25 bits per heavy atom. The van der Waals surface area contributed by atoms with E-state index in [1.54, 1.807) is 11.8 Å². The fourth-order valence-corrected chi connectivity index (χ4v) is 1.85. The lowest BCUT2D eigenvalue weighted by atomic mass is 10.3. The van der Waals surface area contributed by atoms with Crippen molar-refractivity contribution in [2.45, 2.75) is 5.50 Å². The lowest BCUT2D eigenvalue weighted by Crippen LogP contribution is -2.31. The summed E-state index contributed by atoms with van der Waals surface area (Å²) in [7, 11) is 0. The van der Waals surface area contributed by atoms with Gasteiger partial charge in [0.05, 0.1) is 0 Å². The Kier molecular flexibility index (Phi) is 2.06. The fourth-order valence-electron chi connectivity index (χ4n) is 1.16. The van der Waals surface area contributed by atoms with Crippen molar-refractivity contribution in [2.24, 2.45) is 5.73 Å². The summed E-state index contributed by atoms with van der Waals surface area (Å²) in [6.45, 7) is 0. The third-order valence-electron chi connectivity index (χ3n) is 1.77. The first-order chi connectivity index (χ1) is 5.88. The van der Waals surface area contributed by atoms with Crippen molar-refractivity contribution in [3.8, 4) is 0 Å². The summed E-state index contributed by atoms with van der Waals surface area (Å²) < 4.78 is 0. The molecule has 1 heterocycles. The minimum atomic E-state index is 0.0346. The monoisotopic (exact) mass is 178 g/mol. The SMILES string of the molecule is NC1SC=CN1c1ccccc1. The van der Waals surface area contributed by atoms with E-state index in [1.165, 1.54) is 0 Å². The van der Waals surface area contributed by atoms with Crippen molar-refractivity contribution in [1.29, 1.82) is 0 Å². The Balaban J connectivity index is 2.25. The van der Waals surface area contributed by atoms with E-state index in [4.69, 9.17) is 5.73 Å². The second-order valence-corrected chi connectivity index (χ2v) is 3.58. The molecule has 0 aromatic heterocycles. The van der Waals surface area contributed by atoms with E-state index in [1.807, 2.05) is 34.7 Å². The molecule has 0 radical (unpaired) electrons. The predicted molar refractivity (Wildman–Crippen MR) is 53.6 cm³/mol. The van der Waals surface area contributed by atoms with E-state index < -0.39 is 0 Å². The van der Waals surface area contributed by atoms with Gasteiger partial charge in [0.2, 0.25) is 0 Å². The predicted octanol–water partition coefficient (Wildman–Crippen LogP) is 1.95. The van der Waals surface area contributed by atoms with Crippen LogP contribution in [0.4, 0.5) is 5.69 Å². The normalized spacial score (nSPS) is 21.8. The molecule has 2 rings (SSSR count). The van der Waals surface area contributed by atoms with Gasteiger partial charge in [-0.05, 0) is 17.5 Å². The number of benzene rings is 1. The summed E-state index contributed by atoms with van der Waals surface area (Å²) in [4.78, 5) is 2.05. The number of rotatable bonds is 1. The molecule has 2 N–H and O–H groups in total. The highest BCUT2D eigenvalue weighted by Gasteiger charge is 2.15. The van der Waals surface area contributed by atoms with Gasteiger partial charge in [-0.3, -0.25) is 0 Å². The van der Waals surface area contributed by atoms with Crippen LogP contribution in [0.25, 0.3) is 0 Å². The van der Waals surface area contributed by atoms with Gasteiger partial charge in [0, 0.05) is 11.9 Å².